The molecule has 0 N–H and O–H groups in total. The van der Waals surface area contributed by atoms with E-state index in [-0.39, 0.29) is 0 Å². The Morgan fingerprint density at radius 2 is 2.00 bits per heavy atom. The zero-order valence-corrected chi connectivity index (χ0v) is 6.13. The van der Waals surface area contributed by atoms with Crippen molar-refractivity contribution >= 4 is 0 Å². The van der Waals surface area contributed by atoms with Crippen molar-refractivity contribution in [3.8, 4) is 12.3 Å². The largest absolute Gasteiger partial charge is 0.233 e. The Labute approximate surface area is 66.1 Å². The van der Waals surface area contributed by atoms with Crippen molar-refractivity contribution in [2.45, 2.75) is 12.6 Å². The predicted octanol–water partition coefficient (Wildman–Crippen LogP) is 2.20. The fourth-order valence-corrected chi connectivity index (χ4v) is 0.880. The van der Waals surface area contributed by atoms with Crippen molar-refractivity contribution in [2.75, 3.05) is 0 Å². The molecule has 0 aliphatic rings. The van der Waals surface area contributed by atoms with Crippen LogP contribution in [0, 0.1) is 12.3 Å². The van der Waals surface area contributed by atoms with Gasteiger partial charge in [-0.25, -0.2) is 4.39 Å². The molecular formula is C10H9F. The van der Waals surface area contributed by atoms with E-state index in [0.717, 1.165) is 5.56 Å². The topological polar surface area (TPSA) is 0 Å². The molecule has 56 valence electrons. The molecule has 0 spiro atoms. The van der Waals surface area contributed by atoms with Gasteiger partial charge in [-0.15, -0.1) is 6.42 Å². The zero-order chi connectivity index (χ0) is 8.10. The van der Waals surface area contributed by atoms with Crippen LogP contribution in [0.2, 0.25) is 0 Å². The average molecular weight is 148 g/mol. The minimum absolute atomic E-state index is 0.317. The number of rotatable bonds is 2. The third-order valence-electron chi connectivity index (χ3n) is 1.44. The third-order valence-corrected chi connectivity index (χ3v) is 1.44. The second kappa shape index (κ2) is 3.78. The Bertz CT molecular complexity index is 245. The van der Waals surface area contributed by atoms with E-state index in [1.165, 1.54) is 0 Å². The highest BCUT2D eigenvalue weighted by Gasteiger charge is 2.01. The molecule has 0 heterocycles. The number of hydrogen-bond donors (Lipinski definition) is 0. The van der Waals surface area contributed by atoms with Crippen LogP contribution in [-0.4, -0.2) is 6.17 Å². The summed E-state index contributed by atoms with van der Waals surface area (Å²) in [7, 11) is 0. The maximum atomic E-state index is 12.6. The summed E-state index contributed by atoms with van der Waals surface area (Å²) in [5.41, 5.74) is 0.943. The summed E-state index contributed by atoms with van der Waals surface area (Å²) in [6.45, 7) is 0. The molecule has 0 bridgehead atoms. The maximum absolute atomic E-state index is 12.6. The van der Waals surface area contributed by atoms with Crippen molar-refractivity contribution in [2.24, 2.45) is 0 Å². The summed E-state index contributed by atoms with van der Waals surface area (Å²) < 4.78 is 12.6. The summed E-state index contributed by atoms with van der Waals surface area (Å²) >= 11 is 0. The second-order valence-electron chi connectivity index (χ2n) is 2.32. The van der Waals surface area contributed by atoms with E-state index in [1.807, 2.05) is 36.3 Å². The van der Waals surface area contributed by atoms with Gasteiger partial charge >= 0.3 is 0 Å². The lowest BCUT2D eigenvalue weighted by Gasteiger charge is -1.99. The van der Waals surface area contributed by atoms with Gasteiger partial charge in [0.15, 0.2) is 6.17 Å². The first kappa shape index (κ1) is 7.81. The van der Waals surface area contributed by atoms with E-state index in [4.69, 9.17) is 6.42 Å². The Kier molecular flexibility index (Phi) is 2.68. The first-order valence-electron chi connectivity index (χ1n) is 3.47. The smallest absolute Gasteiger partial charge is 0.164 e. The quantitative estimate of drug-likeness (QED) is 0.564. The fourth-order valence-electron chi connectivity index (χ4n) is 0.880. The van der Waals surface area contributed by atoms with E-state index >= 15 is 0 Å². The van der Waals surface area contributed by atoms with Crippen molar-refractivity contribution in [1.82, 2.24) is 0 Å². The van der Waals surface area contributed by atoms with Crippen LogP contribution in [0.25, 0.3) is 0 Å². The molecule has 1 rings (SSSR count). The van der Waals surface area contributed by atoms with Crippen LogP contribution in [-0.2, 0) is 6.42 Å². The van der Waals surface area contributed by atoms with Crippen LogP contribution >= 0.6 is 0 Å². The molecule has 0 aliphatic heterocycles. The molecule has 0 aliphatic carbocycles. The summed E-state index contributed by atoms with van der Waals surface area (Å²) in [5, 5.41) is 0. The molecule has 0 aromatic heterocycles. The Hall–Kier alpha value is -1.29. The zero-order valence-electron chi connectivity index (χ0n) is 6.13. The monoisotopic (exact) mass is 148 g/mol. The molecule has 1 aromatic rings. The van der Waals surface area contributed by atoms with Crippen LogP contribution in [0.3, 0.4) is 0 Å². The SMILES string of the molecule is C#C[C@@H](F)Cc1ccccc1. The Balaban J connectivity index is 2.60. The van der Waals surface area contributed by atoms with Gasteiger partial charge < -0.3 is 0 Å². The number of halogens is 1. The van der Waals surface area contributed by atoms with Gasteiger partial charge in [0, 0.05) is 6.42 Å². The highest BCUT2D eigenvalue weighted by Crippen LogP contribution is 2.04. The average Bonchev–Trinajstić information content (AvgIpc) is 2.06. The molecule has 1 atom stereocenters. The summed E-state index contributed by atoms with van der Waals surface area (Å²) in [4.78, 5) is 0. The van der Waals surface area contributed by atoms with Crippen LogP contribution < -0.4 is 0 Å². The molecule has 11 heavy (non-hydrogen) atoms. The van der Waals surface area contributed by atoms with E-state index in [1.54, 1.807) is 0 Å². The number of alkyl halides is 1. The first-order valence-corrected chi connectivity index (χ1v) is 3.47. The molecular weight excluding hydrogens is 139 g/mol. The van der Waals surface area contributed by atoms with Crippen LogP contribution in [0.4, 0.5) is 4.39 Å². The standard InChI is InChI=1S/C10H9F/c1-2-10(11)8-9-6-4-3-5-7-9/h1,3-7,10H,8H2/t10-/m1/s1. The van der Waals surface area contributed by atoms with E-state index in [2.05, 4.69) is 0 Å². The minimum atomic E-state index is -1.16. The van der Waals surface area contributed by atoms with Gasteiger partial charge in [-0.1, -0.05) is 36.3 Å². The van der Waals surface area contributed by atoms with Crippen LogP contribution in [0.15, 0.2) is 30.3 Å². The molecule has 1 aromatic carbocycles. The van der Waals surface area contributed by atoms with Gasteiger partial charge in [0.25, 0.3) is 0 Å². The van der Waals surface area contributed by atoms with Crippen LogP contribution in [0.1, 0.15) is 5.56 Å². The van der Waals surface area contributed by atoms with Crippen molar-refractivity contribution in [3.63, 3.8) is 0 Å². The summed E-state index contributed by atoms with van der Waals surface area (Å²) in [6.07, 6.45) is 4.06. The molecule has 0 fully saturated rings. The number of benzene rings is 1. The van der Waals surface area contributed by atoms with Gasteiger partial charge in [-0.05, 0) is 5.56 Å². The van der Waals surface area contributed by atoms with Gasteiger partial charge in [-0.3, -0.25) is 0 Å². The normalized spacial score (nSPS) is 12.0. The fraction of sp³-hybridized carbons (Fsp3) is 0.200. The van der Waals surface area contributed by atoms with E-state index in [9.17, 15) is 4.39 Å². The lowest BCUT2D eigenvalue weighted by molar-refractivity contribution is 0.411. The molecule has 0 amide bonds. The summed E-state index contributed by atoms with van der Waals surface area (Å²) in [5.74, 6) is 2.05. The molecule has 0 radical (unpaired) electrons. The molecule has 0 unspecified atom stereocenters. The van der Waals surface area contributed by atoms with Gasteiger partial charge in [-0.2, -0.15) is 0 Å². The molecule has 1 heteroatoms. The van der Waals surface area contributed by atoms with E-state index < -0.39 is 6.17 Å². The highest BCUT2D eigenvalue weighted by atomic mass is 19.1. The second-order valence-corrected chi connectivity index (χ2v) is 2.32. The number of terminal acetylenes is 1. The van der Waals surface area contributed by atoms with Crippen molar-refractivity contribution in [1.29, 1.82) is 0 Å². The predicted molar refractivity (Wildman–Crippen MR) is 43.9 cm³/mol. The Morgan fingerprint density at radius 1 is 1.36 bits per heavy atom. The lowest BCUT2D eigenvalue weighted by Crippen LogP contribution is -1.99. The first-order chi connectivity index (χ1) is 5.33. The van der Waals surface area contributed by atoms with Gasteiger partial charge in [0.05, 0.1) is 0 Å². The minimum Gasteiger partial charge on any atom is -0.233 e. The van der Waals surface area contributed by atoms with Gasteiger partial charge in [0.1, 0.15) is 0 Å². The molecule has 0 saturated carbocycles. The van der Waals surface area contributed by atoms with E-state index in [0.29, 0.717) is 6.42 Å². The maximum Gasteiger partial charge on any atom is 0.164 e. The van der Waals surface area contributed by atoms with Crippen molar-refractivity contribution in [3.05, 3.63) is 35.9 Å². The molecule has 0 saturated heterocycles. The third kappa shape index (κ3) is 2.43. The Morgan fingerprint density at radius 3 is 2.55 bits per heavy atom. The number of hydrogen-bond acceptors (Lipinski definition) is 0. The lowest BCUT2D eigenvalue weighted by atomic mass is 10.1. The highest BCUT2D eigenvalue weighted by molar-refractivity contribution is 5.17. The summed E-state index contributed by atoms with van der Waals surface area (Å²) in [6, 6.07) is 9.37. The van der Waals surface area contributed by atoms with Gasteiger partial charge in [0.2, 0.25) is 0 Å². The van der Waals surface area contributed by atoms with Crippen molar-refractivity contribution < 1.29 is 4.39 Å². The van der Waals surface area contributed by atoms with Crippen LogP contribution in [0.5, 0.6) is 0 Å². The molecule has 0 nitrogen and oxygen atoms in total.